The van der Waals surface area contributed by atoms with Gasteiger partial charge in [0.05, 0.1) is 23.4 Å². The average molecular weight is 479 g/mol. The summed E-state index contributed by atoms with van der Waals surface area (Å²) in [7, 11) is 0. The van der Waals surface area contributed by atoms with Crippen molar-refractivity contribution >= 4 is 11.1 Å². The van der Waals surface area contributed by atoms with Crippen LogP contribution in [0.2, 0.25) is 0 Å². The normalized spacial score (nSPS) is 13.6. The fraction of sp³-hybridized carbons (Fsp3) is 0.407. The molecule has 0 radical (unpaired) electrons. The summed E-state index contributed by atoms with van der Waals surface area (Å²) in [5, 5.41) is 8.79. The maximum absolute atomic E-state index is 13.3. The van der Waals surface area contributed by atoms with Crippen LogP contribution in [-0.2, 0) is 0 Å². The monoisotopic (exact) mass is 478 g/mol. The molecule has 3 aromatic rings. The lowest BCUT2D eigenvalue weighted by molar-refractivity contribution is 0.234. The molecule has 3 heterocycles. The number of aromatic nitrogens is 5. The van der Waals surface area contributed by atoms with Crippen LogP contribution in [0.25, 0.3) is 17.1 Å². The van der Waals surface area contributed by atoms with Crippen LogP contribution in [0, 0.1) is 0 Å². The third kappa shape index (κ3) is 6.39. The number of hydrogen-bond donors (Lipinski definition) is 0. The van der Waals surface area contributed by atoms with Gasteiger partial charge in [0, 0.05) is 36.5 Å². The Morgan fingerprint density at radius 2 is 1.91 bits per heavy atom. The van der Waals surface area contributed by atoms with E-state index in [0.29, 0.717) is 18.2 Å². The third-order valence-corrected chi connectivity index (χ3v) is 5.83. The summed E-state index contributed by atoms with van der Waals surface area (Å²) in [4.78, 5) is 11.1. The first kappa shape index (κ1) is 26.2. The van der Waals surface area contributed by atoms with Gasteiger partial charge in [-0.25, -0.2) is 14.4 Å². The van der Waals surface area contributed by atoms with E-state index in [0.717, 1.165) is 41.1 Å². The maximum atomic E-state index is 13.3. The Labute approximate surface area is 207 Å². The van der Waals surface area contributed by atoms with Gasteiger partial charge < -0.3 is 4.52 Å². The van der Waals surface area contributed by atoms with Gasteiger partial charge in [-0.05, 0) is 63.1 Å². The minimum Gasteiger partial charge on any atom is -0.361 e. The number of rotatable bonds is 11. The molecule has 0 N–H and O–H groups in total. The zero-order valence-corrected chi connectivity index (χ0v) is 21.5. The van der Waals surface area contributed by atoms with E-state index < -0.39 is 0 Å². The fourth-order valence-corrected chi connectivity index (χ4v) is 3.93. The highest BCUT2D eigenvalue weighted by Gasteiger charge is 2.25. The van der Waals surface area contributed by atoms with Crippen LogP contribution in [0.3, 0.4) is 0 Å². The van der Waals surface area contributed by atoms with Gasteiger partial charge in [0.15, 0.2) is 0 Å². The minimum absolute atomic E-state index is 0.0958. The maximum Gasteiger partial charge on any atom is 0.251 e. The molecule has 0 saturated heterocycles. The second kappa shape index (κ2) is 11.8. The lowest BCUT2D eigenvalue weighted by Crippen LogP contribution is -2.30. The van der Waals surface area contributed by atoms with Crippen molar-refractivity contribution in [3.05, 3.63) is 78.0 Å². The molecule has 3 aromatic heterocycles. The largest absolute Gasteiger partial charge is 0.361 e. The van der Waals surface area contributed by atoms with Crippen LogP contribution in [-0.4, -0.2) is 42.9 Å². The predicted molar refractivity (Wildman–Crippen MR) is 138 cm³/mol. The zero-order chi connectivity index (χ0) is 25.5. The third-order valence-electron chi connectivity index (χ3n) is 5.83. The van der Waals surface area contributed by atoms with E-state index in [1.54, 1.807) is 29.2 Å². The highest BCUT2D eigenvalue weighted by atomic mass is 19.1. The SMILES string of the molecule is C=C(CN(CCC)C(C)c1cnoc1C(C)C)c1cc(C(C)=CC=C(C)F)nn1-c1ncccn1. The molecule has 0 aliphatic rings. The molecule has 0 amide bonds. The van der Waals surface area contributed by atoms with Gasteiger partial charge in [-0.2, -0.15) is 9.78 Å². The van der Waals surface area contributed by atoms with E-state index in [9.17, 15) is 4.39 Å². The molecule has 35 heavy (non-hydrogen) atoms. The van der Waals surface area contributed by atoms with E-state index in [-0.39, 0.29) is 17.8 Å². The minimum atomic E-state index is -0.265. The van der Waals surface area contributed by atoms with Crippen molar-refractivity contribution in [2.24, 2.45) is 0 Å². The Hall–Kier alpha value is -3.39. The van der Waals surface area contributed by atoms with E-state index in [4.69, 9.17) is 9.62 Å². The number of halogens is 1. The molecule has 0 spiro atoms. The van der Waals surface area contributed by atoms with Crippen molar-refractivity contribution < 1.29 is 8.91 Å². The van der Waals surface area contributed by atoms with Crippen molar-refractivity contribution in [1.82, 2.24) is 29.8 Å². The molecule has 0 fully saturated rings. The van der Waals surface area contributed by atoms with Crippen molar-refractivity contribution in [3.63, 3.8) is 0 Å². The van der Waals surface area contributed by atoms with Crippen LogP contribution >= 0.6 is 0 Å². The van der Waals surface area contributed by atoms with Gasteiger partial charge >= 0.3 is 0 Å². The molecule has 0 aliphatic heterocycles. The summed E-state index contributed by atoms with van der Waals surface area (Å²) in [6.45, 7) is 17.8. The number of hydrogen-bond acceptors (Lipinski definition) is 6. The smallest absolute Gasteiger partial charge is 0.251 e. The summed E-state index contributed by atoms with van der Waals surface area (Å²) < 4.78 is 20.5. The van der Waals surface area contributed by atoms with Crippen molar-refractivity contribution in [1.29, 1.82) is 0 Å². The molecule has 1 atom stereocenters. The van der Waals surface area contributed by atoms with Crippen LogP contribution in [0.4, 0.5) is 4.39 Å². The number of allylic oxidation sites excluding steroid dienone is 4. The second-order valence-corrected chi connectivity index (χ2v) is 9.03. The quantitative estimate of drug-likeness (QED) is 0.292. The highest BCUT2D eigenvalue weighted by Crippen LogP contribution is 2.31. The van der Waals surface area contributed by atoms with Crippen LogP contribution in [0.15, 0.2) is 59.8 Å². The highest BCUT2D eigenvalue weighted by molar-refractivity contribution is 5.70. The first-order valence-electron chi connectivity index (χ1n) is 12.0. The predicted octanol–water partition coefficient (Wildman–Crippen LogP) is 6.54. The molecule has 8 heteroatoms. The first-order valence-corrected chi connectivity index (χ1v) is 12.0. The zero-order valence-electron chi connectivity index (χ0n) is 21.5. The summed E-state index contributed by atoms with van der Waals surface area (Å²) in [6.07, 6.45) is 9.31. The molecule has 0 aromatic carbocycles. The Bertz CT molecular complexity index is 1190. The molecule has 1 unspecified atom stereocenters. The van der Waals surface area contributed by atoms with Gasteiger partial charge in [0.25, 0.3) is 5.95 Å². The molecule has 7 nitrogen and oxygen atoms in total. The van der Waals surface area contributed by atoms with Gasteiger partial charge in [-0.15, -0.1) is 0 Å². The standard InChI is InChI=1S/C27H35FN6O/c1-8-14-33(22(7)23-16-31-35-26(23)18(2)3)17-20(5)25-15-24(19(4)10-11-21(6)28)32-34(25)27-29-12-9-13-30-27/h9-13,15-16,18,22H,5,8,14,17H2,1-4,6-7H3. The molecular weight excluding hydrogens is 443 g/mol. The summed E-state index contributed by atoms with van der Waals surface area (Å²) in [5.41, 5.74) is 4.32. The van der Waals surface area contributed by atoms with Gasteiger partial charge in [-0.1, -0.05) is 38.6 Å². The average Bonchev–Trinajstić information content (AvgIpc) is 3.50. The van der Waals surface area contributed by atoms with Gasteiger partial charge in [0.2, 0.25) is 0 Å². The Balaban J connectivity index is 1.97. The van der Waals surface area contributed by atoms with E-state index in [1.165, 1.54) is 13.0 Å². The van der Waals surface area contributed by atoms with Gasteiger partial charge in [0.1, 0.15) is 5.76 Å². The van der Waals surface area contributed by atoms with E-state index >= 15 is 0 Å². The van der Waals surface area contributed by atoms with Crippen LogP contribution < -0.4 is 0 Å². The first-order chi connectivity index (χ1) is 16.7. The Kier molecular flexibility index (Phi) is 8.87. The van der Waals surface area contributed by atoms with Crippen LogP contribution in [0.5, 0.6) is 0 Å². The molecule has 0 bridgehead atoms. The molecule has 0 saturated carbocycles. The van der Waals surface area contributed by atoms with Crippen LogP contribution in [0.1, 0.15) is 82.6 Å². The Morgan fingerprint density at radius 3 is 2.54 bits per heavy atom. The number of nitrogens with zero attached hydrogens (tertiary/aromatic N) is 6. The lowest BCUT2D eigenvalue weighted by Gasteiger charge is -2.29. The molecular formula is C27H35FN6O. The molecule has 3 rings (SSSR count). The molecule has 186 valence electrons. The van der Waals surface area contributed by atoms with E-state index in [1.807, 2.05) is 19.2 Å². The van der Waals surface area contributed by atoms with Crippen molar-refractivity contribution in [2.75, 3.05) is 13.1 Å². The summed E-state index contributed by atoms with van der Waals surface area (Å²) in [5.74, 6) is 1.35. The summed E-state index contributed by atoms with van der Waals surface area (Å²) >= 11 is 0. The molecule has 0 aliphatic carbocycles. The van der Waals surface area contributed by atoms with Gasteiger partial charge in [-0.3, -0.25) is 4.90 Å². The fourth-order valence-electron chi connectivity index (χ4n) is 3.93. The van der Waals surface area contributed by atoms with Crippen molar-refractivity contribution in [3.8, 4) is 5.95 Å². The summed E-state index contributed by atoms with van der Waals surface area (Å²) in [6, 6.07) is 3.82. The lowest BCUT2D eigenvalue weighted by atomic mass is 10.0. The second-order valence-electron chi connectivity index (χ2n) is 9.03. The van der Waals surface area contributed by atoms with E-state index in [2.05, 4.69) is 54.3 Å². The Morgan fingerprint density at radius 1 is 1.20 bits per heavy atom. The topological polar surface area (TPSA) is 72.9 Å². The van der Waals surface area contributed by atoms with Crippen molar-refractivity contribution in [2.45, 2.75) is 59.9 Å².